The second-order valence-electron chi connectivity index (χ2n) is 7.51. The molecule has 1 saturated carbocycles. The van der Waals surface area contributed by atoms with E-state index >= 15 is 0 Å². The highest BCUT2D eigenvalue weighted by Crippen LogP contribution is 2.32. The van der Waals surface area contributed by atoms with E-state index < -0.39 is 0 Å². The molecular formula is C21H31BrN2O. The summed E-state index contributed by atoms with van der Waals surface area (Å²) >= 11 is 3.52. The van der Waals surface area contributed by atoms with Crippen LogP contribution in [0.1, 0.15) is 64.7 Å². The molecule has 0 radical (unpaired) electrons. The van der Waals surface area contributed by atoms with E-state index in [0.717, 1.165) is 23.0 Å². The highest BCUT2D eigenvalue weighted by molar-refractivity contribution is 9.10. The number of anilines is 1. The van der Waals surface area contributed by atoms with Gasteiger partial charge in [-0.05, 0) is 69.5 Å². The Morgan fingerprint density at radius 1 is 1.08 bits per heavy atom. The van der Waals surface area contributed by atoms with Crippen molar-refractivity contribution in [2.45, 2.75) is 76.8 Å². The zero-order valence-corrected chi connectivity index (χ0v) is 17.0. The molecule has 1 saturated heterocycles. The second kappa shape index (κ2) is 9.18. The first-order chi connectivity index (χ1) is 12.2. The van der Waals surface area contributed by atoms with Crippen LogP contribution < -0.4 is 4.90 Å². The standard InChI is InChI=1S/C21H31BrN2O/c1-2-8-21(25)24(18-13-11-17(22)12-14-18)20-10-5-3-4-9-19(20)23-15-6-7-16-23/h11-14,19-20H,2-10,15-16H2,1H3. The van der Waals surface area contributed by atoms with E-state index in [1.165, 1.54) is 51.6 Å². The fourth-order valence-electron chi connectivity index (χ4n) is 4.53. The summed E-state index contributed by atoms with van der Waals surface area (Å²) in [5.74, 6) is 0.293. The Bertz CT molecular complexity index is 554. The molecule has 0 aromatic heterocycles. The molecule has 3 nitrogen and oxygen atoms in total. The number of halogens is 1. The summed E-state index contributed by atoms with van der Waals surface area (Å²) in [4.78, 5) is 17.9. The van der Waals surface area contributed by atoms with Gasteiger partial charge >= 0.3 is 0 Å². The third-order valence-electron chi connectivity index (χ3n) is 5.72. The maximum Gasteiger partial charge on any atom is 0.227 e. The molecular weight excluding hydrogens is 376 g/mol. The van der Waals surface area contributed by atoms with Crippen molar-refractivity contribution in [3.05, 3.63) is 28.7 Å². The smallest absolute Gasteiger partial charge is 0.227 e. The molecule has 1 aromatic rings. The fraction of sp³-hybridized carbons (Fsp3) is 0.667. The minimum absolute atomic E-state index is 0.293. The van der Waals surface area contributed by atoms with Crippen LogP contribution >= 0.6 is 15.9 Å². The van der Waals surface area contributed by atoms with Gasteiger partial charge in [-0.15, -0.1) is 0 Å². The Morgan fingerprint density at radius 3 is 2.44 bits per heavy atom. The quantitative estimate of drug-likeness (QED) is 0.612. The van der Waals surface area contributed by atoms with E-state index in [9.17, 15) is 4.79 Å². The van der Waals surface area contributed by atoms with Gasteiger partial charge in [-0.25, -0.2) is 0 Å². The number of hydrogen-bond donors (Lipinski definition) is 0. The van der Waals surface area contributed by atoms with Crippen molar-refractivity contribution in [3.8, 4) is 0 Å². The Balaban J connectivity index is 1.92. The van der Waals surface area contributed by atoms with Crippen LogP contribution in [-0.4, -0.2) is 36.0 Å². The Labute approximate surface area is 160 Å². The van der Waals surface area contributed by atoms with Gasteiger partial charge in [0.2, 0.25) is 5.91 Å². The molecule has 3 rings (SSSR count). The third-order valence-corrected chi connectivity index (χ3v) is 6.25. The summed E-state index contributed by atoms with van der Waals surface area (Å²) in [5, 5.41) is 0. The van der Waals surface area contributed by atoms with E-state index in [1.54, 1.807) is 0 Å². The van der Waals surface area contributed by atoms with Crippen molar-refractivity contribution in [3.63, 3.8) is 0 Å². The van der Waals surface area contributed by atoms with Crippen LogP contribution in [0.2, 0.25) is 0 Å². The van der Waals surface area contributed by atoms with E-state index in [4.69, 9.17) is 0 Å². The van der Waals surface area contributed by atoms with Crippen LogP contribution in [0.4, 0.5) is 5.69 Å². The normalized spacial score (nSPS) is 24.9. The van der Waals surface area contributed by atoms with Gasteiger partial charge in [0.15, 0.2) is 0 Å². The summed E-state index contributed by atoms with van der Waals surface area (Å²) in [6, 6.07) is 9.16. The molecule has 0 spiro atoms. The monoisotopic (exact) mass is 406 g/mol. The molecule has 2 aliphatic rings. The van der Waals surface area contributed by atoms with Gasteiger partial charge in [0.1, 0.15) is 0 Å². The lowest BCUT2D eigenvalue weighted by molar-refractivity contribution is -0.119. The molecule has 2 fully saturated rings. The number of nitrogens with zero attached hydrogens (tertiary/aromatic N) is 2. The number of amides is 1. The zero-order valence-electron chi connectivity index (χ0n) is 15.4. The first-order valence-electron chi connectivity index (χ1n) is 10.0. The van der Waals surface area contributed by atoms with Crippen molar-refractivity contribution in [2.24, 2.45) is 0 Å². The number of carbonyl (C=O) groups excluding carboxylic acids is 1. The molecule has 1 heterocycles. The maximum absolute atomic E-state index is 13.1. The first kappa shape index (κ1) is 18.9. The largest absolute Gasteiger partial charge is 0.308 e. The third kappa shape index (κ3) is 4.65. The molecule has 138 valence electrons. The Morgan fingerprint density at radius 2 is 1.76 bits per heavy atom. The number of likely N-dealkylation sites (tertiary alicyclic amines) is 1. The lowest BCUT2D eigenvalue weighted by atomic mass is 9.98. The highest BCUT2D eigenvalue weighted by Gasteiger charge is 2.36. The predicted octanol–water partition coefficient (Wildman–Crippen LogP) is 5.38. The average molecular weight is 407 g/mol. The molecule has 1 aromatic carbocycles. The van der Waals surface area contributed by atoms with Gasteiger partial charge in [-0.1, -0.05) is 42.1 Å². The van der Waals surface area contributed by atoms with Crippen molar-refractivity contribution in [1.82, 2.24) is 4.90 Å². The number of benzene rings is 1. The maximum atomic E-state index is 13.1. The molecule has 1 aliphatic heterocycles. The number of hydrogen-bond acceptors (Lipinski definition) is 2. The molecule has 0 bridgehead atoms. The molecule has 1 amide bonds. The number of carbonyl (C=O) groups is 1. The van der Waals surface area contributed by atoms with Gasteiger partial charge in [0, 0.05) is 22.6 Å². The number of rotatable bonds is 5. The lowest BCUT2D eigenvalue weighted by Gasteiger charge is -2.40. The van der Waals surface area contributed by atoms with Crippen LogP contribution in [0, 0.1) is 0 Å². The fourth-order valence-corrected chi connectivity index (χ4v) is 4.79. The SMILES string of the molecule is CCCC(=O)N(c1ccc(Br)cc1)C1CCCCCC1N1CCCC1. The lowest BCUT2D eigenvalue weighted by Crippen LogP contribution is -2.53. The zero-order chi connectivity index (χ0) is 17.6. The van der Waals surface area contributed by atoms with Crippen LogP contribution in [0.15, 0.2) is 28.7 Å². The van der Waals surface area contributed by atoms with Gasteiger partial charge in [0.05, 0.1) is 6.04 Å². The van der Waals surface area contributed by atoms with E-state index in [2.05, 4.69) is 56.9 Å². The topological polar surface area (TPSA) is 23.6 Å². The molecule has 4 heteroatoms. The Kier molecular flexibility index (Phi) is 6.94. The summed E-state index contributed by atoms with van der Waals surface area (Å²) in [7, 11) is 0. The summed E-state index contributed by atoms with van der Waals surface area (Å²) in [6.07, 6.45) is 10.4. The van der Waals surface area contributed by atoms with Gasteiger partial charge in [-0.2, -0.15) is 0 Å². The van der Waals surface area contributed by atoms with Gasteiger partial charge in [-0.3, -0.25) is 9.69 Å². The van der Waals surface area contributed by atoms with E-state index in [1.807, 2.05) is 0 Å². The molecule has 0 N–H and O–H groups in total. The van der Waals surface area contributed by atoms with Gasteiger partial charge in [0.25, 0.3) is 0 Å². The second-order valence-corrected chi connectivity index (χ2v) is 8.42. The minimum Gasteiger partial charge on any atom is -0.308 e. The minimum atomic E-state index is 0.293. The van der Waals surface area contributed by atoms with Gasteiger partial charge < -0.3 is 4.90 Å². The highest BCUT2D eigenvalue weighted by atomic mass is 79.9. The summed E-state index contributed by atoms with van der Waals surface area (Å²) in [6.45, 7) is 4.51. The Hall–Kier alpha value is -0.870. The van der Waals surface area contributed by atoms with Crippen LogP contribution in [0.5, 0.6) is 0 Å². The molecule has 25 heavy (non-hydrogen) atoms. The molecule has 2 atom stereocenters. The molecule has 1 aliphatic carbocycles. The van der Waals surface area contributed by atoms with Crippen molar-refractivity contribution in [2.75, 3.05) is 18.0 Å². The van der Waals surface area contributed by atoms with E-state index in [0.29, 0.717) is 24.4 Å². The summed E-state index contributed by atoms with van der Waals surface area (Å²) < 4.78 is 1.07. The van der Waals surface area contributed by atoms with Crippen molar-refractivity contribution < 1.29 is 4.79 Å². The van der Waals surface area contributed by atoms with E-state index in [-0.39, 0.29) is 0 Å². The average Bonchev–Trinajstić information content (AvgIpc) is 3.03. The van der Waals surface area contributed by atoms with Crippen molar-refractivity contribution in [1.29, 1.82) is 0 Å². The first-order valence-corrected chi connectivity index (χ1v) is 10.8. The van der Waals surface area contributed by atoms with Crippen LogP contribution in [0.3, 0.4) is 0 Å². The molecule has 2 unspecified atom stereocenters. The van der Waals surface area contributed by atoms with Crippen LogP contribution in [0.25, 0.3) is 0 Å². The van der Waals surface area contributed by atoms with Crippen molar-refractivity contribution >= 4 is 27.5 Å². The predicted molar refractivity (Wildman–Crippen MR) is 108 cm³/mol. The van der Waals surface area contributed by atoms with Crippen LogP contribution in [-0.2, 0) is 4.79 Å². The summed E-state index contributed by atoms with van der Waals surface area (Å²) in [5.41, 5.74) is 1.07.